The molecule has 120 valence electrons. The number of carbonyl (C=O) groups is 2. The minimum Gasteiger partial charge on any atom is -0.494 e. The Kier molecular flexibility index (Phi) is 5.99. The van der Waals surface area contributed by atoms with Crippen LogP contribution in [0.4, 0.5) is 10.5 Å². The Morgan fingerprint density at radius 2 is 1.70 bits per heavy atom. The number of urea groups is 1. The first-order valence-corrected chi connectivity index (χ1v) is 7.28. The van der Waals surface area contributed by atoms with Gasteiger partial charge in [-0.1, -0.05) is 30.3 Å². The van der Waals surface area contributed by atoms with E-state index in [1.165, 1.54) is 0 Å². The van der Waals surface area contributed by atoms with Gasteiger partial charge in [-0.2, -0.15) is 0 Å². The second-order valence-corrected chi connectivity index (χ2v) is 4.81. The number of nitrogens with one attached hydrogen (secondary N) is 2. The van der Waals surface area contributed by atoms with E-state index >= 15 is 0 Å². The fraction of sp³-hybridized carbons (Fsp3) is 0.176. The highest BCUT2D eigenvalue weighted by Gasteiger charge is 2.11. The zero-order chi connectivity index (χ0) is 16.5. The highest BCUT2D eigenvalue weighted by Crippen LogP contribution is 2.10. The Balaban J connectivity index is 1.65. The van der Waals surface area contributed by atoms with E-state index in [2.05, 4.69) is 10.6 Å². The molecule has 3 amide bonds. The third-order valence-electron chi connectivity index (χ3n) is 3.05. The Bertz CT molecular complexity index is 659. The molecule has 0 atom stereocenters. The second kappa shape index (κ2) is 8.43. The number of nitrogen functional groups attached to an aromatic ring is 1. The lowest BCUT2D eigenvalue weighted by molar-refractivity contribution is 0.0965. The number of para-hydroxylation sites is 2. The molecule has 0 aliphatic carbocycles. The number of hydrogen-bond donors (Lipinski definition) is 3. The van der Waals surface area contributed by atoms with Crippen LogP contribution in [0.25, 0.3) is 0 Å². The summed E-state index contributed by atoms with van der Waals surface area (Å²) in [6.07, 6.45) is 0.629. The molecule has 4 N–H and O–H groups in total. The predicted molar refractivity (Wildman–Crippen MR) is 88.3 cm³/mol. The summed E-state index contributed by atoms with van der Waals surface area (Å²) in [6.45, 7) is 0.875. The number of amides is 3. The number of carbonyl (C=O) groups excluding carboxylic acids is 2. The lowest BCUT2D eigenvalue weighted by Crippen LogP contribution is -2.40. The number of anilines is 1. The molecular weight excluding hydrogens is 294 g/mol. The average Bonchev–Trinajstić information content (AvgIpc) is 2.56. The fourth-order valence-electron chi connectivity index (χ4n) is 1.90. The van der Waals surface area contributed by atoms with Crippen molar-refractivity contribution >= 4 is 17.6 Å². The average molecular weight is 313 g/mol. The second-order valence-electron chi connectivity index (χ2n) is 4.81. The molecule has 0 aliphatic heterocycles. The number of ether oxygens (including phenoxy) is 1. The van der Waals surface area contributed by atoms with E-state index in [4.69, 9.17) is 10.5 Å². The number of rotatable bonds is 6. The van der Waals surface area contributed by atoms with Crippen LogP contribution in [0.1, 0.15) is 16.8 Å². The van der Waals surface area contributed by atoms with E-state index in [1.54, 1.807) is 24.3 Å². The lowest BCUT2D eigenvalue weighted by Gasteiger charge is -2.09. The molecule has 0 fully saturated rings. The monoisotopic (exact) mass is 313 g/mol. The molecule has 2 rings (SSSR count). The molecule has 0 unspecified atom stereocenters. The topological polar surface area (TPSA) is 93.5 Å². The third-order valence-corrected chi connectivity index (χ3v) is 3.05. The Labute approximate surface area is 134 Å². The van der Waals surface area contributed by atoms with Crippen molar-refractivity contribution in [2.45, 2.75) is 6.42 Å². The summed E-state index contributed by atoms with van der Waals surface area (Å²) in [5.41, 5.74) is 6.28. The molecule has 6 nitrogen and oxygen atoms in total. The van der Waals surface area contributed by atoms with Crippen molar-refractivity contribution in [1.29, 1.82) is 0 Å². The van der Waals surface area contributed by atoms with E-state index in [1.807, 2.05) is 30.3 Å². The highest BCUT2D eigenvalue weighted by molar-refractivity contribution is 6.07. The van der Waals surface area contributed by atoms with Gasteiger partial charge in [-0.3, -0.25) is 10.1 Å². The fourth-order valence-corrected chi connectivity index (χ4v) is 1.90. The van der Waals surface area contributed by atoms with Crippen LogP contribution in [0, 0.1) is 0 Å². The maximum absolute atomic E-state index is 11.9. The summed E-state index contributed by atoms with van der Waals surface area (Å²) in [7, 11) is 0. The maximum atomic E-state index is 11.9. The van der Waals surface area contributed by atoms with E-state index in [-0.39, 0.29) is 5.56 Å². The summed E-state index contributed by atoms with van der Waals surface area (Å²) in [4.78, 5) is 23.5. The maximum Gasteiger partial charge on any atom is 0.321 e. The van der Waals surface area contributed by atoms with Crippen molar-refractivity contribution in [3.8, 4) is 5.75 Å². The standard InChI is InChI=1S/C17H19N3O3/c18-15-10-5-4-9-14(15)16(21)20-17(22)19-11-6-12-23-13-7-2-1-3-8-13/h1-5,7-10H,6,11-12,18H2,(H2,19,20,21,22). The number of hydrogen-bond acceptors (Lipinski definition) is 4. The third kappa shape index (κ3) is 5.35. The Morgan fingerprint density at radius 1 is 1.00 bits per heavy atom. The van der Waals surface area contributed by atoms with E-state index in [0.29, 0.717) is 25.3 Å². The first kappa shape index (κ1) is 16.4. The first-order chi connectivity index (χ1) is 11.2. The molecule has 2 aromatic rings. The predicted octanol–water partition coefficient (Wildman–Crippen LogP) is 2.18. The van der Waals surface area contributed by atoms with Crippen LogP contribution < -0.4 is 21.1 Å². The van der Waals surface area contributed by atoms with Crippen molar-refractivity contribution in [3.05, 3.63) is 60.2 Å². The minimum atomic E-state index is -0.557. The van der Waals surface area contributed by atoms with Gasteiger partial charge in [-0.25, -0.2) is 4.79 Å². The number of nitrogens with two attached hydrogens (primary N) is 1. The van der Waals surface area contributed by atoms with Gasteiger partial charge >= 0.3 is 6.03 Å². The van der Waals surface area contributed by atoms with Crippen molar-refractivity contribution < 1.29 is 14.3 Å². The normalized spacial score (nSPS) is 9.91. The SMILES string of the molecule is Nc1ccccc1C(=O)NC(=O)NCCCOc1ccccc1. The van der Waals surface area contributed by atoms with Crippen LogP contribution in [-0.4, -0.2) is 25.1 Å². The highest BCUT2D eigenvalue weighted by atomic mass is 16.5. The van der Waals surface area contributed by atoms with E-state index < -0.39 is 11.9 Å². The molecule has 23 heavy (non-hydrogen) atoms. The zero-order valence-electron chi connectivity index (χ0n) is 12.6. The van der Waals surface area contributed by atoms with Gasteiger partial charge < -0.3 is 15.8 Å². The largest absolute Gasteiger partial charge is 0.494 e. The van der Waals surface area contributed by atoms with Crippen LogP contribution >= 0.6 is 0 Å². The number of benzene rings is 2. The van der Waals surface area contributed by atoms with Gasteiger partial charge in [0, 0.05) is 12.2 Å². The van der Waals surface area contributed by atoms with Gasteiger partial charge in [0.2, 0.25) is 0 Å². The van der Waals surface area contributed by atoms with Crippen molar-refractivity contribution in [3.63, 3.8) is 0 Å². The van der Waals surface area contributed by atoms with Gasteiger partial charge in [0.1, 0.15) is 5.75 Å². The van der Waals surface area contributed by atoms with Crippen LogP contribution in [-0.2, 0) is 0 Å². The first-order valence-electron chi connectivity index (χ1n) is 7.28. The van der Waals surface area contributed by atoms with Gasteiger partial charge in [-0.05, 0) is 30.7 Å². The molecule has 6 heteroatoms. The molecular formula is C17H19N3O3. The van der Waals surface area contributed by atoms with Crippen molar-refractivity contribution in [1.82, 2.24) is 10.6 Å². The van der Waals surface area contributed by atoms with Crippen molar-refractivity contribution in [2.24, 2.45) is 0 Å². The molecule has 0 aromatic heterocycles. The molecule has 0 heterocycles. The summed E-state index contributed by atoms with van der Waals surface area (Å²) in [5, 5.41) is 4.83. The summed E-state index contributed by atoms with van der Waals surface area (Å²) in [6, 6.07) is 15.4. The molecule has 0 aliphatic rings. The van der Waals surface area contributed by atoms with Crippen LogP contribution in [0.2, 0.25) is 0 Å². The summed E-state index contributed by atoms with van der Waals surface area (Å²) in [5.74, 6) is 0.257. The Hall–Kier alpha value is -3.02. The molecule has 2 aromatic carbocycles. The van der Waals surface area contributed by atoms with Crippen molar-refractivity contribution in [2.75, 3.05) is 18.9 Å². The number of imide groups is 1. The molecule has 0 saturated carbocycles. The van der Waals surface area contributed by atoms with E-state index in [9.17, 15) is 9.59 Å². The van der Waals surface area contributed by atoms with E-state index in [0.717, 1.165) is 5.75 Å². The lowest BCUT2D eigenvalue weighted by atomic mass is 10.2. The zero-order valence-corrected chi connectivity index (χ0v) is 12.6. The summed E-state index contributed by atoms with van der Waals surface area (Å²) < 4.78 is 5.50. The summed E-state index contributed by atoms with van der Waals surface area (Å²) >= 11 is 0. The molecule has 0 spiro atoms. The van der Waals surface area contributed by atoms with Crippen LogP contribution in [0.15, 0.2) is 54.6 Å². The van der Waals surface area contributed by atoms with Gasteiger partial charge in [-0.15, -0.1) is 0 Å². The van der Waals surface area contributed by atoms with Gasteiger partial charge in [0.15, 0.2) is 0 Å². The molecule has 0 saturated heterocycles. The smallest absolute Gasteiger partial charge is 0.321 e. The van der Waals surface area contributed by atoms with Gasteiger partial charge in [0.25, 0.3) is 5.91 Å². The Morgan fingerprint density at radius 3 is 2.43 bits per heavy atom. The quantitative estimate of drug-likeness (QED) is 0.563. The minimum absolute atomic E-state index is 0.273. The van der Waals surface area contributed by atoms with Crippen LogP contribution in [0.3, 0.4) is 0 Å². The molecule has 0 bridgehead atoms. The molecule has 0 radical (unpaired) electrons. The van der Waals surface area contributed by atoms with Gasteiger partial charge in [0.05, 0.1) is 12.2 Å². The van der Waals surface area contributed by atoms with Crippen LogP contribution in [0.5, 0.6) is 5.75 Å².